The van der Waals surface area contributed by atoms with Crippen LogP contribution in [0.25, 0.3) is 0 Å². The average molecular weight is 76.1 g/mol. The van der Waals surface area contributed by atoms with Crippen LogP contribution in [0, 0.1) is 0 Å². The first-order valence-electron chi connectivity index (χ1n) is 1.22. The van der Waals surface area contributed by atoms with Crippen molar-refractivity contribution in [3.8, 4) is 0 Å². The third-order valence-electron chi connectivity index (χ3n) is 0.167. The number of allylic oxidation sites excluding steroid dienone is 1. The molecule has 0 nitrogen and oxygen atoms in total. The van der Waals surface area contributed by atoms with Crippen LogP contribution in [0.15, 0.2) is 12.7 Å². The molecule has 0 aromatic carbocycles. The van der Waals surface area contributed by atoms with Gasteiger partial charge in [0.05, 0.1) is 0 Å². The number of hydrogen-bond donors (Lipinski definition) is 0. The van der Waals surface area contributed by atoms with Crippen molar-refractivity contribution < 1.29 is 1.43 Å². The first-order chi connectivity index (χ1) is 1.91. The molecule has 1 unspecified atom stereocenters. The smallest absolute Gasteiger partial charge is 0 e. The summed E-state index contributed by atoms with van der Waals surface area (Å²) >= 11 is 0. The first kappa shape index (κ1) is 4.17. The summed E-state index contributed by atoms with van der Waals surface area (Å²) in [6.45, 7) is 3.46. The SMILES string of the molecule is C=CCP.[HH]. The van der Waals surface area contributed by atoms with Crippen molar-refractivity contribution in [2.24, 2.45) is 0 Å². The van der Waals surface area contributed by atoms with Crippen LogP contribution >= 0.6 is 9.24 Å². The topological polar surface area (TPSA) is 0 Å². The predicted octanol–water partition coefficient (Wildman–Crippen LogP) is 1.29. The van der Waals surface area contributed by atoms with Gasteiger partial charge in [-0.25, -0.2) is 0 Å². The van der Waals surface area contributed by atoms with Gasteiger partial charge in [-0.3, -0.25) is 0 Å². The van der Waals surface area contributed by atoms with Crippen LogP contribution in [0.4, 0.5) is 0 Å². The standard InChI is InChI=1S/C3H7P.H2/c1-2-3-4;/h2H,1,3-4H2;1H. The lowest BCUT2D eigenvalue weighted by Gasteiger charge is -1.58. The molecule has 0 rings (SSSR count). The van der Waals surface area contributed by atoms with Gasteiger partial charge in [0.25, 0.3) is 0 Å². The van der Waals surface area contributed by atoms with Crippen LogP contribution in [-0.4, -0.2) is 6.16 Å². The summed E-state index contributed by atoms with van der Waals surface area (Å²) in [6, 6.07) is 0. The van der Waals surface area contributed by atoms with E-state index in [1.165, 1.54) is 0 Å². The molecular weight excluding hydrogens is 67.0 g/mol. The van der Waals surface area contributed by atoms with Crippen molar-refractivity contribution in [3.63, 3.8) is 0 Å². The molecule has 0 saturated heterocycles. The Bertz CT molecular complexity index is 20.9. The molecule has 0 aromatic rings. The zero-order chi connectivity index (χ0) is 3.41. The molecule has 1 heteroatoms. The second-order valence-electron chi connectivity index (χ2n) is 0.524. The molecule has 0 aliphatic heterocycles. The normalized spacial score (nSPS) is 6.25. The Hall–Kier alpha value is 0.170. The Labute approximate surface area is 30.6 Å². The van der Waals surface area contributed by atoms with E-state index in [1.54, 1.807) is 0 Å². The Kier molecular flexibility index (Phi) is 3.30. The zero-order valence-corrected chi connectivity index (χ0v) is 3.72. The highest BCUT2D eigenvalue weighted by atomic mass is 31.0. The number of hydrogen-bond acceptors (Lipinski definition) is 0. The van der Waals surface area contributed by atoms with Gasteiger partial charge in [-0.2, -0.15) is 0 Å². The molecular formula is C3H9P. The van der Waals surface area contributed by atoms with E-state index in [9.17, 15) is 0 Å². The second kappa shape index (κ2) is 3.17. The lowest BCUT2D eigenvalue weighted by atomic mass is 10.8. The summed E-state index contributed by atoms with van der Waals surface area (Å²) in [6.07, 6.45) is 2.84. The largest absolute Gasteiger partial charge is 0.134 e. The van der Waals surface area contributed by atoms with Gasteiger partial charge in [0.1, 0.15) is 0 Å². The van der Waals surface area contributed by atoms with Gasteiger partial charge >= 0.3 is 0 Å². The summed E-state index contributed by atoms with van der Waals surface area (Å²) < 4.78 is 0. The third-order valence-corrected chi connectivity index (χ3v) is 0.500. The Morgan fingerprint density at radius 3 is 2.50 bits per heavy atom. The minimum Gasteiger partial charge on any atom is -0.134 e. The molecule has 0 bridgehead atoms. The Morgan fingerprint density at radius 2 is 2.50 bits per heavy atom. The lowest BCUT2D eigenvalue weighted by molar-refractivity contribution is 1.83. The quantitative estimate of drug-likeness (QED) is 0.326. The molecule has 0 saturated carbocycles. The van der Waals surface area contributed by atoms with Crippen molar-refractivity contribution in [1.82, 2.24) is 0 Å². The average Bonchev–Trinajstić information content (AvgIpc) is 1.37. The molecule has 0 aliphatic carbocycles. The van der Waals surface area contributed by atoms with Gasteiger partial charge in [0.2, 0.25) is 0 Å². The van der Waals surface area contributed by atoms with Crippen LogP contribution < -0.4 is 0 Å². The molecule has 0 radical (unpaired) electrons. The van der Waals surface area contributed by atoms with Gasteiger partial charge in [-0.1, -0.05) is 6.08 Å². The fourth-order valence-electron chi connectivity index (χ4n) is 0. The van der Waals surface area contributed by atoms with E-state index in [2.05, 4.69) is 15.8 Å². The molecule has 0 aliphatic rings. The van der Waals surface area contributed by atoms with E-state index >= 15 is 0 Å². The molecule has 4 heavy (non-hydrogen) atoms. The zero-order valence-electron chi connectivity index (χ0n) is 2.57. The summed E-state index contributed by atoms with van der Waals surface area (Å²) in [5, 5.41) is 0. The molecule has 0 spiro atoms. The maximum Gasteiger partial charge on any atom is 0 e. The summed E-state index contributed by atoms with van der Waals surface area (Å²) in [7, 11) is 2.54. The molecule has 26 valence electrons. The van der Waals surface area contributed by atoms with Crippen LogP contribution in [0.1, 0.15) is 1.43 Å². The molecule has 0 aromatic heterocycles. The fraction of sp³-hybridized carbons (Fsp3) is 0.333. The van der Waals surface area contributed by atoms with E-state index in [1.807, 2.05) is 6.08 Å². The fourth-order valence-corrected chi connectivity index (χ4v) is 0. The molecule has 0 amide bonds. The van der Waals surface area contributed by atoms with E-state index in [0.717, 1.165) is 6.16 Å². The van der Waals surface area contributed by atoms with E-state index in [0.29, 0.717) is 0 Å². The third kappa shape index (κ3) is 2.17. The van der Waals surface area contributed by atoms with Crippen molar-refractivity contribution in [3.05, 3.63) is 12.7 Å². The van der Waals surface area contributed by atoms with Crippen LogP contribution in [0.2, 0.25) is 0 Å². The summed E-state index contributed by atoms with van der Waals surface area (Å²) in [4.78, 5) is 0. The highest BCUT2D eigenvalue weighted by Gasteiger charge is 1.44. The Balaban J connectivity index is 0. The van der Waals surface area contributed by atoms with Crippen molar-refractivity contribution in [2.75, 3.05) is 6.16 Å². The van der Waals surface area contributed by atoms with Gasteiger partial charge in [0.15, 0.2) is 0 Å². The minimum absolute atomic E-state index is 0. The first-order valence-corrected chi connectivity index (χ1v) is 2.04. The van der Waals surface area contributed by atoms with E-state index < -0.39 is 0 Å². The highest BCUT2D eigenvalue weighted by Crippen LogP contribution is 1.74. The van der Waals surface area contributed by atoms with Gasteiger partial charge in [-0.15, -0.1) is 15.8 Å². The number of rotatable bonds is 1. The monoisotopic (exact) mass is 76.0 g/mol. The van der Waals surface area contributed by atoms with Crippen LogP contribution in [0.5, 0.6) is 0 Å². The predicted molar refractivity (Wildman–Crippen MR) is 26.9 cm³/mol. The van der Waals surface area contributed by atoms with Crippen LogP contribution in [0.3, 0.4) is 0 Å². The molecule has 0 fully saturated rings. The van der Waals surface area contributed by atoms with Gasteiger partial charge in [-0.05, 0) is 6.16 Å². The Morgan fingerprint density at radius 1 is 2.25 bits per heavy atom. The molecule has 0 N–H and O–H groups in total. The van der Waals surface area contributed by atoms with Crippen molar-refractivity contribution >= 4 is 9.24 Å². The van der Waals surface area contributed by atoms with Crippen LogP contribution in [-0.2, 0) is 0 Å². The van der Waals surface area contributed by atoms with Gasteiger partial charge < -0.3 is 0 Å². The van der Waals surface area contributed by atoms with Gasteiger partial charge in [0, 0.05) is 1.43 Å². The maximum atomic E-state index is 3.46. The highest BCUT2D eigenvalue weighted by molar-refractivity contribution is 7.16. The van der Waals surface area contributed by atoms with Crippen molar-refractivity contribution in [2.45, 2.75) is 0 Å². The van der Waals surface area contributed by atoms with E-state index in [-0.39, 0.29) is 1.43 Å². The molecule has 0 heterocycles. The minimum atomic E-state index is 0. The maximum absolute atomic E-state index is 3.46. The molecule has 1 atom stereocenters. The second-order valence-corrected chi connectivity index (χ2v) is 0.996. The summed E-state index contributed by atoms with van der Waals surface area (Å²) in [5.41, 5.74) is 0. The lowest BCUT2D eigenvalue weighted by Crippen LogP contribution is -1.43. The van der Waals surface area contributed by atoms with Crippen molar-refractivity contribution in [1.29, 1.82) is 0 Å². The summed E-state index contributed by atoms with van der Waals surface area (Å²) in [5.74, 6) is 0. The van der Waals surface area contributed by atoms with E-state index in [4.69, 9.17) is 0 Å².